The summed E-state index contributed by atoms with van der Waals surface area (Å²) in [6.45, 7) is 27.7. The van der Waals surface area contributed by atoms with Crippen molar-refractivity contribution in [2.75, 3.05) is 42.8 Å². The maximum Gasteiger partial charge on any atom is 0.488 e. The Hall–Kier alpha value is -1.57. The zero-order chi connectivity index (χ0) is 37.7. The van der Waals surface area contributed by atoms with Crippen LogP contribution < -0.4 is 26.6 Å². The SMILES string of the molecule is [B][P+]1(O)OCC2OC(N3c4ncnc(N)c4NC3NCCCCCCNC(C)(C(C)C(C)C(C)C=C)C(C)C(C)C(C)C(C)CC)C(OC)[C@@H]2O1. The van der Waals surface area contributed by atoms with Crippen LogP contribution in [0.25, 0.3) is 0 Å². The molecule has 0 spiro atoms. The van der Waals surface area contributed by atoms with Crippen molar-refractivity contribution in [2.45, 2.75) is 131 Å². The van der Waals surface area contributed by atoms with Gasteiger partial charge >= 0.3 is 15.4 Å². The van der Waals surface area contributed by atoms with Gasteiger partial charge in [-0.3, -0.25) is 10.2 Å². The van der Waals surface area contributed by atoms with Crippen LogP contribution in [-0.2, 0) is 18.5 Å². The van der Waals surface area contributed by atoms with Crippen LogP contribution in [-0.4, -0.2) is 85.6 Å². The second-order valence-corrected chi connectivity index (χ2v) is 17.4. The lowest BCUT2D eigenvalue weighted by atomic mass is 9.62. The Kier molecular flexibility index (Phi) is 15.0. The van der Waals surface area contributed by atoms with Crippen molar-refractivity contribution in [3.8, 4) is 0 Å². The molecule has 2 fully saturated rings. The van der Waals surface area contributed by atoms with Crippen molar-refractivity contribution in [1.29, 1.82) is 0 Å². The maximum atomic E-state index is 10.3. The van der Waals surface area contributed by atoms with E-state index in [1.807, 2.05) is 4.90 Å². The highest BCUT2D eigenvalue weighted by Crippen LogP contribution is 2.58. The molecule has 288 valence electrons. The molecule has 4 heterocycles. The minimum atomic E-state index is -3.44. The molecular weight excluding hydrogens is 664 g/mol. The molecular formula is C37H68BN7O5P+. The first-order chi connectivity index (χ1) is 24.1. The number of nitrogen functional groups attached to an aromatic ring is 1. The van der Waals surface area contributed by atoms with E-state index < -0.39 is 32.4 Å². The van der Waals surface area contributed by atoms with Gasteiger partial charge in [0.25, 0.3) is 0 Å². The fourth-order valence-electron chi connectivity index (χ4n) is 8.34. The summed E-state index contributed by atoms with van der Waals surface area (Å²) in [5, 5.41) is 11.2. The third-order valence-corrected chi connectivity index (χ3v) is 14.2. The van der Waals surface area contributed by atoms with E-state index in [9.17, 15) is 4.89 Å². The number of ether oxygens (including phenoxy) is 2. The number of anilines is 3. The summed E-state index contributed by atoms with van der Waals surface area (Å²) in [7, 11) is 3.98. The number of aromatic nitrogens is 2. The quantitative estimate of drug-likeness (QED) is 0.0456. The van der Waals surface area contributed by atoms with E-state index >= 15 is 0 Å². The first-order valence-corrected chi connectivity index (χ1v) is 20.9. The Bertz CT molecular complexity index is 1270. The van der Waals surface area contributed by atoms with Crippen LogP contribution >= 0.6 is 7.82 Å². The predicted molar refractivity (Wildman–Crippen MR) is 209 cm³/mol. The Balaban J connectivity index is 1.33. The highest BCUT2D eigenvalue weighted by Gasteiger charge is 2.60. The molecule has 12 nitrogen and oxygen atoms in total. The molecule has 13 unspecified atom stereocenters. The minimum Gasteiger partial charge on any atom is -0.382 e. The number of nitrogens with zero attached hydrogens (tertiary/aromatic N) is 3. The van der Waals surface area contributed by atoms with Gasteiger partial charge in [-0.2, -0.15) is 9.05 Å². The fraction of sp³-hybridized carbons (Fsp3) is 0.838. The molecule has 51 heavy (non-hydrogen) atoms. The molecule has 1 aromatic rings. The molecule has 14 atom stereocenters. The van der Waals surface area contributed by atoms with Gasteiger partial charge in [-0.25, -0.2) is 14.9 Å². The van der Waals surface area contributed by atoms with Crippen LogP contribution in [0.5, 0.6) is 0 Å². The highest BCUT2D eigenvalue weighted by atomic mass is 31.2. The molecule has 0 saturated carbocycles. The van der Waals surface area contributed by atoms with Crippen molar-refractivity contribution >= 4 is 32.7 Å². The van der Waals surface area contributed by atoms with Gasteiger partial charge in [0, 0.05) is 12.6 Å². The highest BCUT2D eigenvalue weighted by molar-refractivity contribution is 7.85. The third-order valence-electron chi connectivity index (χ3n) is 13.2. The standard InChI is InChI=1S/C37H68BN7O5P/c1-12-22(3)24(5)26(7)28(9)37(10,27(8)25(6)23(4)13-2)43-19-17-15-14-16-18-40-36-44-30-33(39)41-21-42-34(30)45(36)35-32(47-11)31-29(49-35)20-48-51(38,46)50-31/h13,21-29,31-32,35-36,40,43-44,46H,2,12,14-20H2,1,3-11H3,(H2,39,41,42)/q+1/t22?,23?,24?,25?,26?,27?,28?,29?,31-,32?,35?,36?,37?,51?/m1/s1. The van der Waals surface area contributed by atoms with E-state index in [-0.39, 0.29) is 18.4 Å². The van der Waals surface area contributed by atoms with Gasteiger partial charge in [0.1, 0.15) is 30.8 Å². The summed E-state index contributed by atoms with van der Waals surface area (Å²) in [6.07, 6.45) is 6.51. The third kappa shape index (κ3) is 9.39. The summed E-state index contributed by atoms with van der Waals surface area (Å²) >= 11 is 0. The summed E-state index contributed by atoms with van der Waals surface area (Å²) < 4.78 is 23.3. The first kappa shape index (κ1) is 42.2. The van der Waals surface area contributed by atoms with E-state index in [1.54, 1.807) is 7.11 Å². The molecule has 0 amide bonds. The summed E-state index contributed by atoms with van der Waals surface area (Å²) in [6, 6.07) is 0. The zero-order valence-corrected chi connectivity index (χ0v) is 33.9. The molecule has 2 radical (unpaired) electrons. The van der Waals surface area contributed by atoms with Crippen molar-refractivity contribution in [3.63, 3.8) is 0 Å². The normalized spacial score (nSPS) is 31.4. The zero-order valence-electron chi connectivity index (χ0n) is 33.0. The van der Waals surface area contributed by atoms with E-state index in [1.165, 1.54) is 12.7 Å². The number of nitrogens with two attached hydrogens (primary N) is 1. The molecule has 4 rings (SSSR count). The number of fused-ring (bicyclic) bond motifs is 2. The Morgan fingerprint density at radius 1 is 1.12 bits per heavy atom. The van der Waals surface area contributed by atoms with Gasteiger partial charge in [0.2, 0.25) is 0 Å². The van der Waals surface area contributed by atoms with Crippen molar-refractivity contribution in [3.05, 3.63) is 19.0 Å². The summed E-state index contributed by atoms with van der Waals surface area (Å²) in [5.41, 5.74) is 6.90. The van der Waals surface area contributed by atoms with Gasteiger partial charge < -0.3 is 25.8 Å². The van der Waals surface area contributed by atoms with Crippen LogP contribution in [0.2, 0.25) is 0 Å². The molecule has 14 heteroatoms. The summed E-state index contributed by atoms with van der Waals surface area (Å²) in [4.78, 5) is 21.0. The number of allylic oxidation sites excluding steroid dienone is 1. The number of methoxy groups -OCH3 is 1. The van der Waals surface area contributed by atoms with E-state index in [4.69, 9.17) is 31.8 Å². The molecule has 0 aromatic carbocycles. The first-order valence-electron chi connectivity index (χ1n) is 19.3. The predicted octanol–water partition coefficient (Wildman–Crippen LogP) is 6.12. The number of hydrogen-bond donors (Lipinski definition) is 5. The monoisotopic (exact) mass is 733 g/mol. The lowest BCUT2D eigenvalue weighted by molar-refractivity contribution is -0.0459. The number of nitrogens with one attached hydrogen (secondary N) is 3. The largest absolute Gasteiger partial charge is 0.488 e. The molecule has 1 aromatic heterocycles. The Labute approximate surface area is 310 Å². The smallest absolute Gasteiger partial charge is 0.382 e. The number of unbranched alkanes of at least 4 members (excludes halogenated alkanes) is 3. The second-order valence-electron chi connectivity index (χ2n) is 15.8. The van der Waals surface area contributed by atoms with Crippen LogP contribution in [0.1, 0.15) is 94.4 Å². The molecule has 6 N–H and O–H groups in total. The van der Waals surface area contributed by atoms with E-state index in [2.05, 4.69) is 101 Å². The van der Waals surface area contributed by atoms with Gasteiger partial charge in [-0.15, -0.1) is 6.58 Å². The molecule has 0 aliphatic carbocycles. The average molecular weight is 733 g/mol. The summed E-state index contributed by atoms with van der Waals surface area (Å²) in [5.74, 6) is 4.94. The van der Waals surface area contributed by atoms with Gasteiger partial charge in [-0.1, -0.05) is 80.7 Å². The Morgan fingerprint density at radius 3 is 2.43 bits per heavy atom. The maximum absolute atomic E-state index is 10.3. The second kappa shape index (κ2) is 18.2. The van der Waals surface area contributed by atoms with Crippen LogP contribution in [0.15, 0.2) is 19.0 Å². The van der Waals surface area contributed by atoms with Crippen molar-refractivity contribution < 1.29 is 23.4 Å². The van der Waals surface area contributed by atoms with E-state index in [0.29, 0.717) is 58.7 Å². The number of rotatable bonds is 20. The van der Waals surface area contributed by atoms with Gasteiger partial charge in [0.15, 0.2) is 30.3 Å². The molecule has 3 aliphatic heterocycles. The lowest BCUT2D eigenvalue weighted by Gasteiger charge is -2.49. The minimum absolute atomic E-state index is 0.0122. The Morgan fingerprint density at radius 2 is 1.78 bits per heavy atom. The van der Waals surface area contributed by atoms with Crippen LogP contribution in [0, 0.1) is 41.4 Å². The van der Waals surface area contributed by atoms with Gasteiger partial charge in [-0.05, 0) is 74.3 Å². The number of hydrogen-bond acceptors (Lipinski definition) is 12. The molecule has 3 aliphatic rings. The van der Waals surface area contributed by atoms with Crippen LogP contribution in [0.4, 0.5) is 17.3 Å². The van der Waals surface area contributed by atoms with Crippen LogP contribution in [0.3, 0.4) is 0 Å². The molecule has 2 saturated heterocycles. The fourth-order valence-corrected chi connectivity index (χ4v) is 9.37. The van der Waals surface area contributed by atoms with E-state index in [0.717, 1.165) is 38.8 Å². The average Bonchev–Trinajstić information content (AvgIpc) is 3.67. The lowest BCUT2D eigenvalue weighted by Crippen LogP contribution is -2.57. The van der Waals surface area contributed by atoms with Crippen molar-refractivity contribution in [1.82, 2.24) is 20.6 Å². The van der Waals surface area contributed by atoms with Gasteiger partial charge in [0.05, 0.1) is 0 Å². The van der Waals surface area contributed by atoms with Crippen molar-refractivity contribution in [2.24, 2.45) is 41.4 Å². The molecule has 0 bridgehead atoms. The topological polar surface area (TPSA) is 148 Å².